The van der Waals surface area contributed by atoms with Crippen molar-refractivity contribution in [3.63, 3.8) is 0 Å². The second kappa shape index (κ2) is 7.64. The maximum atomic E-state index is 2.61. The Hall–Kier alpha value is -1.93. The Kier molecular flexibility index (Phi) is 5.42. The molecule has 0 saturated carbocycles. The summed E-state index contributed by atoms with van der Waals surface area (Å²) in [6.45, 7) is 14.1. The monoisotopic (exact) mass is 416 g/mol. The zero-order chi connectivity index (χ0) is 21.7. The molecule has 0 atom stereocenters. The first-order valence-corrected chi connectivity index (χ1v) is 14.6. The smallest absolute Gasteiger partial charge is 0.200 e. The number of nitrogens with zero attached hydrogens (tertiary/aromatic N) is 1. The highest BCUT2D eigenvalue weighted by Crippen LogP contribution is 2.35. The summed E-state index contributed by atoms with van der Waals surface area (Å²) in [5, 5.41) is 4.44. The molecule has 30 heavy (non-hydrogen) atoms. The molecule has 1 nitrogen and oxygen atoms in total. The van der Waals surface area contributed by atoms with Crippen LogP contribution in [0.5, 0.6) is 0 Å². The topological polar surface area (TPSA) is 3.88 Å². The summed E-state index contributed by atoms with van der Waals surface area (Å²) in [6.07, 6.45) is 6.53. The van der Waals surface area contributed by atoms with Crippen LogP contribution >= 0.6 is 0 Å². The summed E-state index contributed by atoms with van der Waals surface area (Å²) in [5.41, 5.74) is 7.06. The largest absolute Gasteiger partial charge is 0.220 e. The molecule has 4 rings (SSSR count). The molecule has 158 valence electrons. The van der Waals surface area contributed by atoms with E-state index < -0.39 is 8.07 Å². The number of hydrogen-bond donors (Lipinski definition) is 0. The van der Waals surface area contributed by atoms with Gasteiger partial charge in [0.25, 0.3) is 0 Å². The average Bonchev–Trinajstić information content (AvgIpc) is 2.70. The number of hydrogen-bond acceptors (Lipinski definition) is 0. The Bertz CT molecular complexity index is 1100. The van der Waals surface area contributed by atoms with Gasteiger partial charge in [0.2, 0.25) is 5.69 Å². The molecule has 0 spiro atoms. The molecule has 0 bridgehead atoms. The predicted octanol–water partition coefficient (Wildman–Crippen LogP) is 6.72. The highest BCUT2D eigenvalue weighted by molar-refractivity contribution is 6.91. The standard InChI is InChI=1S/C28H38NSi/c1-20-17-23(28(3,4)5)19-26(21(20)2)27-25-12-11-24(18-22(25)13-14-29(27)6)30(7)15-9-8-10-16-30/h11-14,17-19H,8-10,15-16H2,1-7H3/q+1. The van der Waals surface area contributed by atoms with Crippen LogP contribution in [0.2, 0.25) is 18.6 Å². The zero-order valence-electron chi connectivity index (χ0n) is 20.0. The fourth-order valence-electron chi connectivity index (χ4n) is 5.24. The fourth-order valence-corrected chi connectivity index (χ4v) is 9.12. The molecule has 1 aromatic heterocycles. The summed E-state index contributed by atoms with van der Waals surface area (Å²) in [4.78, 5) is 0. The number of aromatic nitrogens is 1. The van der Waals surface area contributed by atoms with E-state index in [0.717, 1.165) is 0 Å². The number of fused-ring (bicyclic) bond motifs is 1. The maximum Gasteiger partial charge on any atom is 0.220 e. The van der Waals surface area contributed by atoms with E-state index in [4.69, 9.17) is 0 Å². The van der Waals surface area contributed by atoms with Crippen LogP contribution < -0.4 is 9.75 Å². The molecular weight excluding hydrogens is 378 g/mol. The normalized spacial score (nSPS) is 16.8. The molecule has 0 amide bonds. The summed E-state index contributed by atoms with van der Waals surface area (Å²) in [5.74, 6) is 0. The van der Waals surface area contributed by atoms with Crippen molar-refractivity contribution in [3.05, 3.63) is 59.3 Å². The summed E-state index contributed by atoms with van der Waals surface area (Å²) in [7, 11) is 0.892. The second-order valence-electron chi connectivity index (χ2n) is 10.9. The van der Waals surface area contributed by atoms with Crippen molar-refractivity contribution in [2.45, 2.75) is 77.9 Å². The zero-order valence-corrected chi connectivity index (χ0v) is 21.0. The summed E-state index contributed by atoms with van der Waals surface area (Å²) in [6, 6.07) is 17.5. The van der Waals surface area contributed by atoms with Gasteiger partial charge < -0.3 is 0 Å². The summed E-state index contributed by atoms with van der Waals surface area (Å²) < 4.78 is 2.32. The van der Waals surface area contributed by atoms with E-state index >= 15 is 0 Å². The van der Waals surface area contributed by atoms with Gasteiger partial charge in [-0.25, -0.2) is 4.57 Å². The van der Waals surface area contributed by atoms with Crippen LogP contribution in [0.1, 0.15) is 56.7 Å². The van der Waals surface area contributed by atoms with Crippen LogP contribution in [0.15, 0.2) is 42.6 Å². The number of pyridine rings is 1. The number of aryl methyl sites for hydroxylation is 2. The van der Waals surface area contributed by atoms with E-state index in [1.54, 1.807) is 5.19 Å². The molecule has 0 unspecified atom stereocenters. The lowest BCUT2D eigenvalue weighted by Gasteiger charge is -2.32. The number of rotatable bonds is 2. The van der Waals surface area contributed by atoms with E-state index in [2.05, 4.69) is 95.4 Å². The van der Waals surface area contributed by atoms with E-state index in [1.165, 1.54) is 70.1 Å². The van der Waals surface area contributed by atoms with Crippen molar-refractivity contribution >= 4 is 24.0 Å². The molecule has 3 aromatic rings. The van der Waals surface area contributed by atoms with Gasteiger partial charge in [-0.3, -0.25) is 0 Å². The molecule has 0 N–H and O–H groups in total. The van der Waals surface area contributed by atoms with E-state index in [9.17, 15) is 0 Å². The maximum absolute atomic E-state index is 2.61. The van der Waals surface area contributed by atoms with Crippen molar-refractivity contribution in [2.24, 2.45) is 7.05 Å². The van der Waals surface area contributed by atoms with Gasteiger partial charge in [0.15, 0.2) is 6.20 Å². The molecular formula is C28H38NSi+. The first-order valence-electron chi connectivity index (χ1n) is 11.7. The van der Waals surface area contributed by atoms with Gasteiger partial charge in [-0.2, -0.15) is 0 Å². The minimum absolute atomic E-state index is 0.144. The van der Waals surface area contributed by atoms with Gasteiger partial charge >= 0.3 is 0 Å². The molecule has 1 aliphatic rings. The minimum Gasteiger partial charge on any atom is -0.200 e. The van der Waals surface area contributed by atoms with E-state index in [-0.39, 0.29) is 5.41 Å². The molecule has 1 saturated heterocycles. The Morgan fingerprint density at radius 1 is 0.900 bits per heavy atom. The summed E-state index contributed by atoms with van der Waals surface area (Å²) >= 11 is 0. The molecule has 1 aliphatic heterocycles. The first kappa shape index (κ1) is 21.3. The fraction of sp³-hybridized carbons (Fsp3) is 0.464. The number of benzene rings is 2. The first-order chi connectivity index (χ1) is 14.1. The third-order valence-electron chi connectivity index (χ3n) is 7.58. The molecule has 0 radical (unpaired) electrons. The van der Waals surface area contributed by atoms with Crippen molar-refractivity contribution in [2.75, 3.05) is 0 Å². The minimum atomic E-state index is -1.30. The van der Waals surface area contributed by atoms with Crippen molar-refractivity contribution in [1.29, 1.82) is 0 Å². The lowest BCUT2D eigenvalue weighted by Crippen LogP contribution is -2.45. The lowest BCUT2D eigenvalue weighted by atomic mass is 9.83. The van der Waals surface area contributed by atoms with Crippen LogP contribution in [0.25, 0.3) is 22.0 Å². The molecule has 2 aromatic carbocycles. The Morgan fingerprint density at radius 3 is 2.27 bits per heavy atom. The van der Waals surface area contributed by atoms with E-state index in [0.29, 0.717) is 0 Å². The third-order valence-corrected chi connectivity index (χ3v) is 12.2. The van der Waals surface area contributed by atoms with Crippen molar-refractivity contribution in [1.82, 2.24) is 0 Å². The predicted molar refractivity (Wildman–Crippen MR) is 133 cm³/mol. The van der Waals surface area contributed by atoms with Gasteiger partial charge in [-0.15, -0.1) is 0 Å². The molecule has 2 heteroatoms. The van der Waals surface area contributed by atoms with Gasteiger partial charge in [-0.05, 0) is 53.5 Å². The Labute approximate surface area is 184 Å². The lowest BCUT2D eigenvalue weighted by molar-refractivity contribution is -0.659. The quantitative estimate of drug-likeness (QED) is 0.323. The van der Waals surface area contributed by atoms with Crippen LogP contribution in [-0.4, -0.2) is 8.07 Å². The van der Waals surface area contributed by atoms with Gasteiger partial charge in [-0.1, -0.05) is 82.1 Å². The van der Waals surface area contributed by atoms with Crippen molar-refractivity contribution in [3.8, 4) is 11.3 Å². The van der Waals surface area contributed by atoms with Crippen LogP contribution in [0, 0.1) is 13.8 Å². The van der Waals surface area contributed by atoms with Gasteiger partial charge in [0.05, 0.1) is 19.0 Å². The van der Waals surface area contributed by atoms with Crippen molar-refractivity contribution < 1.29 is 4.57 Å². The average molecular weight is 417 g/mol. The van der Waals surface area contributed by atoms with E-state index in [1.807, 2.05) is 0 Å². The SMILES string of the molecule is Cc1cc(C(C)(C)C)cc(-c2c3ccc([Si]4(C)CCCCC4)cc3cc[n+]2C)c1C. The van der Waals surface area contributed by atoms with Crippen LogP contribution in [-0.2, 0) is 12.5 Å². The van der Waals surface area contributed by atoms with Gasteiger partial charge in [0, 0.05) is 6.07 Å². The third kappa shape index (κ3) is 3.75. The van der Waals surface area contributed by atoms with Crippen LogP contribution in [0.4, 0.5) is 0 Å². The highest BCUT2D eigenvalue weighted by Gasteiger charge is 2.32. The second-order valence-corrected chi connectivity index (χ2v) is 15.6. The highest BCUT2D eigenvalue weighted by atomic mass is 28.3. The Morgan fingerprint density at radius 2 is 1.60 bits per heavy atom. The molecule has 0 aliphatic carbocycles. The Balaban J connectivity index is 1.92. The molecule has 2 heterocycles. The van der Waals surface area contributed by atoms with Gasteiger partial charge in [0.1, 0.15) is 7.05 Å². The van der Waals surface area contributed by atoms with Crippen LogP contribution in [0.3, 0.4) is 0 Å². The molecule has 1 fully saturated rings.